The molecule has 0 radical (unpaired) electrons. The van der Waals surface area contributed by atoms with Crippen LogP contribution >= 0.6 is 11.3 Å². The normalized spacial score (nSPS) is 10.5. The minimum Gasteiger partial charge on any atom is -0.459 e. The van der Waals surface area contributed by atoms with Crippen molar-refractivity contribution in [2.75, 3.05) is 13.2 Å². The number of nitrogens with one attached hydrogen (secondary N) is 1. The summed E-state index contributed by atoms with van der Waals surface area (Å²) in [5, 5.41) is 8.53. The number of rotatable bonds is 5. The molecule has 2 rings (SSSR count). The number of amides is 1. The van der Waals surface area contributed by atoms with Crippen molar-refractivity contribution in [3.63, 3.8) is 0 Å². The van der Waals surface area contributed by atoms with Crippen LogP contribution < -0.4 is 11.0 Å². The lowest BCUT2D eigenvalue weighted by Crippen LogP contribution is -2.36. The summed E-state index contributed by atoms with van der Waals surface area (Å²) < 4.78 is 7.26. The smallest absolute Gasteiger partial charge is 0.396 e. The van der Waals surface area contributed by atoms with Gasteiger partial charge in [0, 0.05) is 13.6 Å². The van der Waals surface area contributed by atoms with Crippen LogP contribution in [0.2, 0.25) is 0 Å². The SMILES string of the molecule is CCOC(=O)C(=O)NCCn1nc(-c2cccs2)n(C)c1=O. The maximum absolute atomic E-state index is 12.1. The molecule has 0 saturated carbocycles. The second-order valence-electron chi connectivity index (χ2n) is 4.34. The average molecular weight is 324 g/mol. The Bertz CT molecular complexity index is 717. The van der Waals surface area contributed by atoms with E-state index in [0.29, 0.717) is 5.82 Å². The molecule has 0 unspecified atom stereocenters. The van der Waals surface area contributed by atoms with E-state index >= 15 is 0 Å². The lowest BCUT2D eigenvalue weighted by atomic mass is 10.4. The molecule has 2 heterocycles. The molecule has 0 aliphatic rings. The Morgan fingerprint density at radius 3 is 2.86 bits per heavy atom. The van der Waals surface area contributed by atoms with E-state index in [4.69, 9.17) is 0 Å². The van der Waals surface area contributed by atoms with Gasteiger partial charge in [-0.1, -0.05) is 6.07 Å². The van der Waals surface area contributed by atoms with Gasteiger partial charge < -0.3 is 10.1 Å². The molecular weight excluding hydrogens is 308 g/mol. The summed E-state index contributed by atoms with van der Waals surface area (Å²) in [5.41, 5.74) is -0.284. The fourth-order valence-electron chi connectivity index (χ4n) is 1.80. The summed E-state index contributed by atoms with van der Waals surface area (Å²) in [5.74, 6) is -1.20. The molecule has 22 heavy (non-hydrogen) atoms. The van der Waals surface area contributed by atoms with Gasteiger partial charge >= 0.3 is 17.6 Å². The van der Waals surface area contributed by atoms with Crippen LogP contribution in [0.3, 0.4) is 0 Å². The molecule has 0 aliphatic heterocycles. The van der Waals surface area contributed by atoms with Gasteiger partial charge in [0.15, 0.2) is 5.82 Å². The number of thiophene rings is 1. The van der Waals surface area contributed by atoms with Crippen LogP contribution in [0.1, 0.15) is 6.92 Å². The molecule has 1 N–H and O–H groups in total. The predicted molar refractivity (Wildman–Crippen MR) is 80.4 cm³/mol. The molecule has 0 atom stereocenters. The van der Waals surface area contributed by atoms with Gasteiger partial charge in [0.2, 0.25) is 0 Å². The molecule has 9 heteroatoms. The lowest BCUT2D eigenvalue weighted by molar-refractivity contribution is -0.154. The highest BCUT2D eigenvalue weighted by Gasteiger charge is 2.15. The van der Waals surface area contributed by atoms with Crippen LogP contribution in [-0.4, -0.2) is 39.4 Å². The average Bonchev–Trinajstić information content (AvgIpc) is 3.11. The van der Waals surface area contributed by atoms with Crippen LogP contribution in [0.25, 0.3) is 10.7 Å². The van der Waals surface area contributed by atoms with Gasteiger partial charge in [-0.2, -0.15) is 0 Å². The molecule has 8 nitrogen and oxygen atoms in total. The number of aromatic nitrogens is 3. The molecule has 2 aromatic rings. The third-order valence-electron chi connectivity index (χ3n) is 2.85. The van der Waals surface area contributed by atoms with Crippen LogP contribution in [-0.2, 0) is 27.9 Å². The summed E-state index contributed by atoms with van der Waals surface area (Å²) in [7, 11) is 1.64. The van der Waals surface area contributed by atoms with E-state index in [2.05, 4.69) is 15.2 Å². The topological polar surface area (TPSA) is 95.2 Å². The molecule has 0 spiro atoms. The number of carbonyl (C=O) groups excluding carboxylic acids is 2. The van der Waals surface area contributed by atoms with Crippen molar-refractivity contribution in [1.82, 2.24) is 19.7 Å². The van der Waals surface area contributed by atoms with Crippen molar-refractivity contribution in [3.05, 3.63) is 28.0 Å². The number of hydrogen-bond acceptors (Lipinski definition) is 6. The quantitative estimate of drug-likeness (QED) is 0.616. The van der Waals surface area contributed by atoms with Crippen molar-refractivity contribution in [2.45, 2.75) is 13.5 Å². The van der Waals surface area contributed by atoms with Crippen molar-refractivity contribution in [1.29, 1.82) is 0 Å². The summed E-state index contributed by atoms with van der Waals surface area (Å²) in [6.07, 6.45) is 0. The molecule has 0 aromatic carbocycles. The van der Waals surface area contributed by atoms with Crippen LogP contribution in [0.4, 0.5) is 0 Å². The number of hydrogen-bond donors (Lipinski definition) is 1. The summed E-state index contributed by atoms with van der Waals surface area (Å²) >= 11 is 1.48. The molecule has 118 valence electrons. The van der Waals surface area contributed by atoms with Crippen molar-refractivity contribution >= 4 is 23.2 Å². The molecular formula is C13H16N4O4S. The van der Waals surface area contributed by atoms with Gasteiger partial charge in [0.05, 0.1) is 18.0 Å². The minimum atomic E-state index is -0.935. The van der Waals surface area contributed by atoms with E-state index in [9.17, 15) is 14.4 Å². The molecule has 2 aromatic heterocycles. The van der Waals surface area contributed by atoms with Crippen molar-refractivity contribution < 1.29 is 14.3 Å². The van der Waals surface area contributed by atoms with Crippen molar-refractivity contribution in [2.24, 2.45) is 7.05 Å². The fourth-order valence-corrected chi connectivity index (χ4v) is 2.54. The Balaban J connectivity index is 2.00. The Hall–Kier alpha value is -2.42. The first-order valence-corrected chi connectivity index (χ1v) is 7.55. The second-order valence-corrected chi connectivity index (χ2v) is 5.29. The summed E-state index contributed by atoms with van der Waals surface area (Å²) in [6.45, 7) is 2.03. The van der Waals surface area contributed by atoms with Gasteiger partial charge in [0.1, 0.15) is 0 Å². The molecule has 1 amide bonds. The zero-order valence-corrected chi connectivity index (χ0v) is 13.1. The zero-order valence-electron chi connectivity index (χ0n) is 12.2. The van der Waals surface area contributed by atoms with Crippen LogP contribution in [0.15, 0.2) is 22.3 Å². The third kappa shape index (κ3) is 3.42. The predicted octanol–water partition coefficient (Wildman–Crippen LogP) is -0.0104. The van der Waals surface area contributed by atoms with E-state index in [1.165, 1.54) is 20.6 Å². The maximum atomic E-state index is 12.1. The van der Waals surface area contributed by atoms with Crippen LogP contribution in [0, 0.1) is 0 Å². The monoisotopic (exact) mass is 324 g/mol. The van der Waals surface area contributed by atoms with Crippen LogP contribution in [0.5, 0.6) is 0 Å². The van der Waals surface area contributed by atoms with E-state index < -0.39 is 11.9 Å². The van der Waals surface area contributed by atoms with Gasteiger partial charge in [0.25, 0.3) is 0 Å². The van der Waals surface area contributed by atoms with E-state index in [1.54, 1.807) is 14.0 Å². The maximum Gasteiger partial charge on any atom is 0.396 e. The molecule has 0 bridgehead atoms. The highest BCUT2D eigenvalue weighted by atomic mass is 32.1. The number of ether oxygens (including phenoxy) is 1. The Labute approximate surface area is 130 Å². The van der Waals surface area contributed by atoms with Gasteiger partial charge in [-0.15, -0.1) is 16.4 Å². The summed E-state index contributed by atoms with van der Waals surface area (Å²) in [6, 6.07) is 3.75. The van der Waals surface area contributed by atoms with Gasteiger partial charge in [-0.05, 0) is 18.4 Å². The first kappa shape index (κ1) is 16.0. The van der Waals surface area contributed by atoms with E-state index in [-0.39, 0.29) is 25.4 Å². The molecule has 0 saturated heterocycles. The Kier molecular flexibility index (Phi) is 5.10. The Morgan fingerprint density at radius 1 is 1.45 bits per heavy atom. The molecule has 0 fully saturated rings. The third-order valence-corrected chi connectivity index (χ3v) is 3.72. The number of nitrogens with zero attached hydrogens (tertiary/aromatic N) is 3. The van der Waals surface area contributed by atoms with Crippen molar-refractivity contribution in [3.8, 4) is 10.7 Å². The van der Waals surface area contributed by atoms with E-state index in [0.717, 1.165) is 4.88 Å². The molecule has 0 aliphatic carbocycles. The highest BCUT2D eigenvalue weighted by molar-refractivity contribution is 7.13. The second kappa shape index (κ2) is 7.03. The summed E-state index contributed by atoms with van der Waals surface area (Å²) in [4.78, 5) is 35.5. The number of esters is 1. The standard InChI is InChI=1S/C13H16N4O4S/c1-3-21-12(19)11(18)14-6-7-17-13(20)16(2)10(15-17)9-5-4-8-22-9/h4-5,8H,3,6-7H2,1-2H3,(H,14,18). The van der Waals surface area contributed by atoms with Gasteiger partial charge in [-0.3, -0.25) is 9.36 Å². The van der Waals surface area contributed by atoms with Gasteiger partial charge in [-0.25, -0.2) is 14.3 Å². The lowest BCUT2D eigenvalue weighted by Gasteiger charge is -2.03. The first-order valence-electron chi connectivity index (χ1n) is 6.67. The first-order chi connectivity index (χ1) is 10.5. The largest absolute Gasteiger partial charge is 0.459 e. The zero-order chi connectivity index (χ0) is 16.1. The highest BCUT2D eigenvalue weighted by Crippen LogP contribution is 2.20. The Morgan fingerprint density at radius 2 is 2.23 bits per heavy atom. The van der Waals surface area contributed by atoms with E-state index in [1.807, 2.05) is 17.5 Å². The minimum absolute atomic E-state index is 0.110. The fraction of sp³-hybridized carbons (Fsp3) is 0.385. The number of carbonyl (C=O) groups is 2.